The number of hydrogen-bond donors (Lipinski definition) is 1. The molecule has 1 saturated heterocycles. The smallest absolute Gasteiger partial charge is 0.255 e. The van der Waals surface area contributed by atoms with Crippen molar-refractivity contribution in [2.75, 3.05) is 10.2 Å². The second-order valence-electron chi connectivity index (χ2n) is 10.2. The van der Waals surface area contributed by atoms with E-state index in [1.54, 1.807) is 36.4 Å². The fraction of sp³-hybridized carbons (Fsp3) is 0.156. The molecule has 0 saturated carbocycles. The van der Waals surface area contributed by atoms with Gasteiger partial charge < -0.3 is 5.32 Å². The molecular formula is C32H23ClN2O3. The molecular weight excluding hydrogens is 496 g/mol. The molecule has 1 aliphatic heterocycles. The van der Waals surface area contributed by atoms with Crippen molar-refractivity contribution >= 4 is 40.7 Å². The lowest BCUT2D eigenvalue weighted by Gasteiger charge is -2.45. The predicted molar refractivity (Wildman–Crippen MR) is 147 cm³/mol. The first-order valence-electron chi connectivity index (χ1n) is 12.7. The standard InChI is InChI=1S/C32H23ClN2O3/c1-17-10-13-19(33)16-25(17)34-30(36)18-11-14-20(15-12-18)35-31(37)28-26-21-6-2-3-7-22(21)27(29(28)32(35)38)24-9-5-4-8-23(24)26/h2-16,26-29H,1H3,(H,34,36)/t26?,27?,28-,29-/m1/s1. The summed E-state index contributed by atoms with van der Waals surface area (Å²) in [6.07, 6.45) is 0. The number of benzene rings is 4. The van der Waals surface area contributed by atoms with Gasteiger partial charge >= 0.3 is 0 Å². The Morgan fingerprint density at radius 1 is 0.737 bits per heavy atom. The lowest BCUT2D eigenvalue weighted by Crippen LogP contribution is -2.41. The van der Waals surface area contributed by atoms with Crippen LogP contribution >= 0.6 is 11.6 Å². The van der Waals surface area contributed by atoms with Crippen molar-refractivity contribution < 1.29 is 14.4 Å². The van der Waals surface area contributed by atoms with Gasteiger partial charge in [-0.1, -0.05) is 66.2 Å². The lowest BCUT2D eigenvalue weighted by molar-refractivity contribution is -0.122. The normalized spacial score (nSPS) is 22.6. The molecule has 0 unspecified atom stereocenters. The van der Waals surface area contributed by atoms with Gasteiger partial charge in [0.2, 0.25) is 11.8 Å². The maximum atomic E-state index is 13.9. The number of amides is 3. The minimum Gasteiger partial charge on any atom is -0.322 e. The van der Waals surface area contributed by atoms with Crippen LogP contribution in [0.15, 0.2) is 91.0 Å². The third-order valence-corrected chi connectivity index (χ3v) is 8.52. The number of anilines is 2. The summed E-state index contributed by atoms with van der Waals surface area (Å²) in [5.41, 5.74) is 7.00. The van der Waals surface area contributed by atoms with E-state index in [1.165, 1.54) is 4.90 Å². The monoisotopic (exact) mass is 518 g/mol. The number of rotatable bonds is 3. The molecule has 4 aliphatic rings. The molecule has 4 aromatic rings. The Morgan fingerprint density at radius 3 is 1.74 bits per heavy atom. The zero-order valence-electron chi connectivity index (χ0n) is 20.5. The van der Waals surface area contributed by atoms with E-state index < -0.39 is 11.8 Å². The number of nitrogens with one attached hydrogen (secondary N) is 1. The van der Waals surface area contributed by atoms with E-state index >= 15 is 0 Å². The molecule has 1 heterocycles. The molecule has 0 spiro atoms. The van der Waals surface area contributed by atoms with Crippen molar-refractivity contribution in [3.05, 3.63) is 129 Å². The van der Waals surface area contributed by atoms with Crippen molar-refractivity contribution in [2.24, 2.45) is 11.8 Å². The van der Waals surface area contributed by atoms with Crippen LogP contribution in [0.2, 0.25) is 5.02 Å². The van der Waals surface area contributed by atoms with Crippen molar-refractivity contribution in [3.63, 3.8) is 0 Å². The third-order valence-electron chi connectivity index (χ3n) is 8.28. The van der Waals surface area contributed by atoms with Gasteiger partial charge in [0.05, 0.1) is 17.5 Å². The average Bonchev–Trinajstić information content (AvgIpc) is 3.21. The summed E-state index contributed by atoms with van der Waals surface area (Å²) in [4.78, 5) is 42.0. The van der Waals surface area contributed by atoms with Crippen LogP contribution in [-0.4, -0.2) is 17.7 Å². The number of carbonyl (C=O) groups is 3. The van der Waals surface area contributed by atoms with Gasteiger partial charge in [-0.15, -0.1) is 0 Å². The molecule has 3 aliphatic carbocycles. The summed E-state index contributed by atoms with van der Waals surface area (Å²) >= 11 is 6.08. The summed E-state index contributed by atoms with van der Waals surface area (Å²) in [5.74, 6) is -1.82. The van der Waals surface area contributed by atoms with E-state index in [0.29, 0.717) is 22.0 Å². The highest BCUT2D eigenvalue weighted by molar-refractivity contribution is 6.31. The SMILES string of the molecule is Cc1ccc(Cl)cc1NC(=O)c1ccc(N2C(=O)[C@@H]3C4c5ccccc5C(c5ccccc54)[C@H]3C2=O)cc1. The topological polar surface area (TPSA) is 66.5 Å². The highest BCUT2D eigenvalue weighted by Crippen LogP contribution is 2.61. The van der Waals surface area contributed by atoms with Crippen LogP contribution in [0.3, 0.4) is 0 Å². The minimum atomic E-state index is -0.439. The molecule has 5 nitrogen and oxygen atoms in total. The summed E-state index contributed by atoms with van der Waals surface area (Å²) in [6, 6.07) is 28.3. The van der Waals surface area contributed by atoms with Crippen LogP contribution in [0.1, 0.15) is 50.0 Å². The second kappa shape index (κ2) is 8.40. The van der Waals surface area contributed by atoms with Crippen LogP contribution in [0, 0.1) is 18.8 Å². The first-order chi connectivity index (χ1) is 18.4. The van der Waals surface area contributed by atoms with Gasteiger partial charge in [0.15, 0.2) is 0 Å². The zero-order chi connectivity index (χ0) is 26.1. The van der Waals surface area contributed by atoms with Crippen LogP contribution in [-0.2, 0) is 9.59 Å². The number of nitrogens with zero attached hydrogens (tertiary/aromatic N) is 1. The highest BCUT2D eigenvalue weighted by atomic mass is 35.5. The number of carbonyl (C=O) groups excluding carboxylic acids is 3. The molecule has 2 bridgehead atoms. The van der Waals surface area contributed by atoms with Crippen molar-refractivity contribution in [3.8, 4) is 0 Å². The Kier molecular flexibility index (Phi) is 5.07. The second-order valence-corrected chi connectivity index (χ2v) is 10.7. The fourth-order valence-corrected chi connectivity index (χ4v) is 6.79. The quantitative estimate of drug-likeness (QED) is 0.324. The van der Waals surface area contributed by atoms with Gasteiger partial charge in [0.1, 0.15) is 0 Å². The maximum absolute atomic E-state index is 13.9. The molecule has 1 fully saturated rings. The van der Waals surface area contributed by atoms with Gasteiger partial charge in [-0.2, -0.15) is 0 Å². The summed E-state index contributed by atoms with van der Waals surface area (Å²) in [5, 5.41) is 3.42. The third kappa shape index (κ3) is 3.21. The lowest BCUT2D eigenvalue weighted by atomic mass is 9.55. The Labute approximate surface area is 225 Å². The molecule has 0 radical (unpaired) electrons. The van der Waals surface area contributed by atoms with Crippen LogP contribution < -0.4 is 10.2 Å². The highest BCUT2D eigenvalue weighted by Gasteiger charge is 2.61. The van der Waals surface area contributed by atoms with Gasteiger partial charge in [0.25, 0.3) is 5.91 Å². The molecule has 4 aromatic carbocycles. The van der Waals surface area contributed by atoms with Gasteiger partial charge in [-0.25, -0.2) is 4.90 Å². The number of halogens is 1. The van der Waals surface area contributed by atoms with E-state index in [1.807, 2.05) is 37.3 Å². The zero-order valence-corrected chi connectivity index (χ0v) is 21.3. The fourth-order valence-electron chi connectivity index (χ4n) is 6.62. The molecule has 1 N–H and O–H groups in total. The first-order valence-corrected chi connectivity index (χ1v) is 13.0. The summed E-state index contributed by atoms with van der Waals surface area (Å²) < 4.78 is 0. The van der Waals surface area contributed by atoms with Crippen LogP contribution in [0.5, 0.6) is 0 Å². The number of hydrogen-bond acceptors (Lipinski definition) is 3. The molecule has 0 aromatic heterocycles. The van der Waals surface area contributed by atoms with Gasteiger partial charge in [-0.05, 0) is 71.1 Å². The number of imide groups is 1. The van der Waals surface area contributed by atoms with Crippen molar-refractivity contribution in [1.82, 2.24) is 0 Å². The number of aryl methyl sites for hydroxylation is 1. The molecule has 38 heavy (non-hydrogen) atoms. The minimum absolute atomic E-state index is 0.148. The summed E-state index contributed by atoms with van der Waals surface area (Å²) in [6.45, 7) is 1.89. The van der Waals surface area contributed by atoms with E-state index in [-0.39, 0.29) is 29.6 Å². The molecule has 3 amide bonds. The van der Waals surface area contributed by atoms with Gasteiger partial charge in [-0.3, -0.25) is 14.4 Å². The largest absolute Gasteiger partial charge is 0.322 e. The molecule has 8 rings (SSSR count). The van der Waals surface area contributed by atoms with Crippen molar-refractivity contribution in [1.29, 1.82) is 0 Å². The van der Waals surface area contributed by atoms with E-state index in [2.05, 4.69) is 29.6 Å². The van der Waals surface area contributed by atoms with E-state index in [4.69, 9.17) is 11.6 Å². The summed E-state index contributed by atoms with van der Waals surface area (Å²) in [7, 11) is 0. The predicted octanol–water partition coefficient (Wildman–Crippen LogP) is 6.30. The Balaban J connectivity index is 1.21. The molecule has 6 heteroatoms. The molecule has 186 valence electrons. The first kappa shape index (κ1) is 22.9. The maximum Gasteiger partial charge on any atom is 0.255 e. The van der Waals surface area contributed by atoms with Crippen LogP contribution in [0.25, 0.3) is 0 Å². The van der Waals surface area contributed by atoms with E-state index in [9.17, 15) is 14.4 Å². The Morgan fingerprint density at radius 2 is 1.24 bits per heavy atom. The Hall–Kier alpha value is -4.22. The average molecular weight is 519 g/mol. The van der Waals surface area contributed by atoms with Crippen molar-refractivity contribution in [2.45, 2.75) is 18.8 Å². The van der Waals surface area contributed by atoms with E-state index in [0.717, 1.165) is 27.8 Å². The van der Waals surface area contributed by atoms with Gasteiger partial charge in [0, 0.05) is 28.1 Å². The van der Waals surface area contributed by atoms with Crippen LogP contribution in [0.4, 0.5) is 11.4 Å². The Bertz CT molecular complexity index is 1550. The molecule has 2 atom stereocenters.